The number of amidine groups is 1. The average molecular weight is 331 g/mol. The molecule has 0 heterocycles. The predicted molar refractivity (Wildman–Crippen MR) is 94.5 cm³/mol. The smallest absolute Gasteiger partial charge is 0.246 e. The fourth-order valence-corrected chi connectivity index (χ4v) is 2.56. The molecule has 25 heavy (non-hydrogen) atoms. The molecule has 0 atom stereocenters. The molecule has 0 saturated carbocycles. The zero-order valence-corrected chi connectivity index (χ0v) is 13.1. The lowest BCUT2D eigenvalue weighted by atomic mass is 10.1. The molecule has 0 spiro atoms. The number of nitrogens with two attached hydrogens (primary N) is 1. The molecule has 2 aromatic rings. The summed E-state index contributed by atoms with van der Waals surface area (Å²) in [5.41, 5.74) is 8.68. The Bertz CT molecular complexity index is 970. The number of hydrogen-bond donors (Lipinski definition) is 2. The minimum atomic E-state index is -0.370. The fraction of sp³-hybridized carbons (Fsp3) is 0.0556. The fourth-order valence-electron chi connectivity index (χ4n) is 2.56. The van der Waals surface area contributed by atoms with Crippen LogP contribution >= 0.6 is 0 Å². The van der Waals surface area contributed by atoms with Crippen LogP contribution in [0.15, 0.2) is 52.4 Å². The first-order valence-corrected chi connectivity index (χ1v) is 7.40. The number of fused-ring (bicyclic) bond motifs is 3. The second kappa shape index (κ2) is 6.76. The summed E-state index contributed by atoms with van der Waals surface area (Å²) in [6.45, 7) is -0.173. The third-order valence-electron chi connectivity index (χ3n) is 3.64. The number of ketones is 1. The van der Waals surface area contributed by atoms with Crippen LogP contribution in [0.5, 0.6) is 0 Å². The predicted octanol–water partition coefficient (Wildman–Crippen LogP) is 1.75. The van der Waals surface area contributed by atoms with Crippen LogP contribution in [0.3, 0.4) is 0 Å². The Hall–Kier alpha value is -3.79. The summed E-state index contributed by atoms with van der Waals surface area (Å²) in [7, 11) is 0. The standard InChI is InChI=1S/C18H13N5O2/c19-8-16(20)22-10-21-9-17(24)23-11-5-6-13-12-3-1-2-4-14(12)18(25)15(13)7-11/h1-7,10H,9H2,(H,23,24)(H2,20,21,22). The van der Waals surface area contributed by atoms with Gasteiger partial charge in [0.1, 0.15) is 19.0 Å². The van der Waals surface area contributed by atoms with Gasteiger partial charge in [0.15, 0.2) is 5.78 Å². The number of carbonyl (C=O) groups is 2. The minimum Gasteiger partial charge on any atom is -0.375 e. The number of nitrogens with one attached hydrogen (secondary N) is 1. The van der Waals surface area contributed by atoms with Crippen LogP contribution in [-0.2, 0) is 4.79 Å². The van der Waals surface area contributed by atoms with Gasteiger partial charge >= 0.3 is 0 Å². The van der Waals surface area contributed by atoms with Crippen LogP contribution < -0.4 is 11.1 Å². The Kier molecular flexibility index (Phi) is 4.35. The molecule has 0 saturated heterocycles. The maximum atomic E-state index is 12.4. The molecule has 1 aliphatic rings. The van der Waals surface area contributed by atoms with Crippen molar-refractivity contribution >= 4 is 29.6 Å². The van der Waals surface area contributed by atoms with E-state index >= 15 is 0 Å². The van der Waals surface area contributed by atoms with Crippen molar-refractivity contribution in [3.05, 3.63) is 53.6 Å². The number of nitriles is 1. The lowest BCUT2D eigenvalue weighted by Crippen LogP contribution is -2.15. The van der Waals surface area contributed by atoms with Gasteiger partial charge in [-0.1, -0.05) is 30.3 Å². The highest BCUT2D eigenvalue weighted by Gasteiger charge is 2.26. The molecule has 7 nitrogen and oxygen atoms in total. The van der Waals surface area contributed by atoms with Crippen LogP contribution in [0.2, 0.25) is 0 Å². The summed E-state index contributed by atoms with van der Waals surface area (Å²) in [4.78, 5) is 31.6. The summed E-state index contributed by atoms with van der Waals surface area (Å²) >= 11 is 0. The highest BCUT2D eigenvalue weighted by Crippen LogP contribution is 2.37. The largest absolute Gasteiger partial charge is 0.375 e. The van der Waals surface area contributed by atoms with Gasteiger partial charge in [0, 0.05) is 16.8 Å². The molecule has 3 N–H and O–H groups in total. The Morgan fingerprint density at radius 2 is 1.88 bits per heavy atom. The van der Waals surface area contributed by atoms with Gasteiger partial charge in [-0.3, -0.25) is 14.6 Å². The van der Waals surface area contributed by atoms with E-state index in [1.54, 1.807) is 24.3 Å². The van der Waals surface area contributed by atoms with E-state index in [-0.39, 0.29) is 24.1 Å². The number of hydrogen-bond acceptors (Lipinski definition) is 4. The third-order valence-corrected chi connectivity index (χ3v) is 3.64. The van der Waals surface area contributed by atoms with Crippen LogP contribution in [0.4, 0.5) is 5.69 Å². The number of anilines is 1. The van der Waals surface area contributed by atoms with E-state index in [1.165, 1.54) is 0 Å². The number of nitrogens with zero attached hydrogens (tertiary/aromatic N) is 3. The van der Waals surface area contributed by atoms with Crippen molar-refractivity contribution in [2.24, 2.45) is 15.7 Å². The maximum absolute atomic E-state index is 12.4. The van der Waals surface area contributed by atoms with Crippen LogP contribution in [0.1, 0.15) is 15.9 Å². The molecule has 122 valence electrons. The van der Waals surface area contributed by atoms with Gasteiger partial charge in [0.25, 0.3) is 0 Å². The first-order valence-electron chi connectivity index (χ1n) is 7.40. The lowest BCUT2D eigenvalue weighted by molar-refractivity contribution is -0.114. The van der Waals surface area contributed by atoms with Crippen molar-refractivity contribution < 1.29 is 9.59 Å². The molecule has 2 aromatic carbocycles. The number of amides is 1. The second-order valence-electron chi connectivity index (χ2n) is 5.27. The minimum absolute atomic E-state index is 0.0546. The Morgan fingerprint density at radius 3 is 2.64 bits per heavy atom. The Morgan fingerprint density at radius 1 is 1.16 bits per heavy atom. The molecule has 3 rings (SSSR count). The highest BCUT2D eigenvalue weighted by molar-refractivity contribution is 6.22. The van der Waals surface area contributed by atoms with Gasteiger partial charge in [-0.25, -0.2) is 4.99 Å². The van der Waals surface area contributed by atoms with Crippen molar-refractivity contribution in [1.29, 1.82) is 5.26 Å². The summed E-state index contributed by atoms with van der Waals surface area (Å²) in [5, 5.41) is 11.1. The molecule has 0 unspecified atom stereocenters. The van der Waals surface area contributed by atoms with E-state index in [4.69, 9.17) is 11.0 Å². The number of benzene rings is 2. The summed E-state index contributed by atoms with van der Waals surface area (Å²) < 4.78 is 0. The lowest BCUT2D eigenvalue weighted by Gasteiger charge is -2.06. The summed E-state index contributed by atoms with van der Waals surface area (Å²) in [6.07, 6.45) is 1.06. The molecular weight excluding hydrogens is 318 g/mol. The van der Waals surface area contributed by atoms with Gasteiger partial charge in [0.05, 0.1) is 0 Å². The van der Waals surface area contributed by atoms with Crippen molar-refractivity contribution in [1.82, 2.24) is 0 Å². The van der Waals surface area contributed by atoms with Gasteiger partial charge in [0.2, 0.25) is 11.7 Å². The molecule has 1 aliphatic carbocycles. The van der Waals surface area contributed by atoms with Crippen molar-refractivity contribution in [3.8, 4) is 17.2 Å². The van der Waals surface area contributed by atoms with Gasteiger partial charge in [-0.2, -0.15) is 5.26 Å². The quantitative estimate of drug-likeness (QED) is 0.558. The average Bonchev–Trinajstić information content (AvgIpc) is 2.91. The Labute approximate surface area is 143 Å². The Balaban J connectivity index is 1.71. The van der Waals surface area contributed by atoms with E-state index in [1.807, 2.05) is 24.3 Å². The molecule has 0 aromatic heterocycles. The maximum Gasteiger partial charge on any atom is 0.246 e. The third kappa shape index (κ3) is 3.28. The van der Waals surface area contributed by atoms with Gasteiger partial charge in [-0.15, -0.1) is 0 Å². The van der Waals surface area contributed by atoms with E-state index in [2.05, 4.69) is 15.3 Å². The van der Waals surface area contributed by atoms with E-state index in [0.717, 1.165) is 17.5 Å². The van der Waals surface area contributed by atoms with Crippen LogP contribution in [0.25, 0.3) is 11.1 Å². The number of rotatable bonds is 4. The van der Waals surface area contributed by atoms with Crippen LogP contribution in [0, 0.1) is 11.3 Å². The first kappa shape index (κ1) is 16.1. The van der Waals surface area contributed by atoms with Crippen LogP contribution in [-0.4, -0.2) is 30.4 Å². The molecule has 0 fully saturated rings. The van der Waals surface area contributed by atoms with Crippen molar-refractivity contribution in [2.45, 2.75) is 0 Å². The SMILES string of the molecule is N#CC(N)=NC=NCC(=O)Nc1ccc2c(c1)C(=O)c1ccccc1-2. The number of carbonyl (C=O) groups excluding carboxylic acids is 2. The van der Waals surface area contributed by atoms with E-state index in [0.29, 0.717) is 16.8 Å². The van der Waals surface area contributed by atoms with Gasteiger partial charge < -0.3 is 11.1 Å². The van der Waals surface area contributed by atoms with Crippen molar-refractivity contribution in [2.75, 3.05) is 11.9 Å². The summed E-state index contributed by atoms with van der Waals surface area (Å²) in [6, 6.07) is 14.2. The monoisotopic (exact) mass is 331 g/mol. The highest BCUT2D eigenvalue weighted by atomic mass is 16.2. The zero-order valence-electron chi connectivity index (χ0n) is 13.1. The summed E-state index contributed by atoms with van der Waals surface area (Å²) in [5.74, 6) is -0.660. The van der Waals surface area contributed by atoms with E-state index < -0.39 is 0 Å². The molecule has 0 bridgehead atoms. The second-order valence-corrected chi connectivity index (χ2v) is 5.27. The zero-order chi connectivity index (χ0) is 17.8. The normalized spacial score (nSPS) is 12.6. The van der Waals surface area contributed by atoms with Gasteiger partial charge in [-0.05, 0) is 23.3 Å². The molecular formula is C18H13N5O2. The number of aliphatic imine (C=N–C) groups is 2. The molecule has 0 aliphatic heterocycles. The first-order chi connectivity index (χ1) is 12.1. The molecule has 0 radical (unpaired) electrons. The van der Waals surface area contributed by atoms with Crippen molar-refractivity contribution in [3.63, 3.8) is 0 Å². The molecule has 1 amide bonds. The topological polar surface area (TPSA) is 121 Å². The van der Waals surface area contributed by atoms with E-state index in [9.17, 15) is 9.59 Å². The molecule has 7 heteroatoms.